The highest BCUT2D eigenvalue weighted by atomic mass is 16.5. The number of aryl methyl sites for hydroxylation is 1. The fourth-order valence-electron chi connectivity index (χ4n) is 3.72. The van der Waals surface area contributed by atoms with Crippen LogP contribution in [0.15, 0.2) is 18.2 Å². The van der Waals surface area contributed by atoms with E-state index in [0.717, 1.165) is 49.2 Å². The Morgan fingerprint density at radius 3 is 2.61 bits per heavy atom. The lowest BCUT2D eigenvalue weighted by Crippen LogP contribution is -2.55. The van der Waals surface area contributed by atoms with Crippen LogP contribution in [-0.2, 0) is 10.2 Å². The van der Waals surface area contributed by atoms with Gasteiger partial charge < -0.3 is 15.4 Å². The number of hydrogen-bond acceptors (Lipinski definition) is 3. The maximum atomic E-state index is 13.2. The average molecular weight is 316 g/mol. The Kier molecular flexibility index (Phi) is 3.91. The van der Waals surface area contributed by atoms with E-state index < -0.39 is 0 Å². The summed E-state index contributed by atoms with van der Waals surface area (Å²) in [7, 11) is 1.68. The van der Waals surface area contributed by atoms with Crippen LogP contribution in [0.3, 0.4) is 0 Å². The van der Waals surface area contributed by atoms with Crippen LogP contribution in [0.2, 0.25) is 0 Å². The number of amides is 1. The SMILES string of the molecule is COc1cc(C2(C(=O)N3CCC(N)C(C)(C)C3)CC2)ccc1C. The van der Waals surface area contributed by atoms with Crippen LogP contribution in [0.4, 0.5) is 0 Å². The minimum absolute atomic E-state index is 0.0189. The van der Waals surface area contributed by atoms with E-state index in [1.165, 1.54) is 0 Å². The van der Waals surface area contributed by atoms with Crippen LogP contribution in [-0.4, -0.2) is 37.0 Å². The fraction of sp³-hybridized carbons (Fsp3) is 0.632. The van der Waals surface area contributed by atoms with Crippen molar-refractivity contribution >= 4 is 5.91 Å². The molecule has 1 aliphatic carbocycles. The van der Waals surface area contributed by atoms with E-state index in [1.54, 1.807) is 7.11 Å². The van der Waals surface area contributed by atoms with Crippen LogP contribution >= 0.6 is 0 Å². The van der Waals surface area contributed by atoms with E-state index in [4.69, 9.17) is 10.5 Å². The van der Waals surface area contributed by atoms with Crippen molar-refractivity contribution in [3.63, 3.8) is 0 Å². The predicted molar refractivity (Wildman–Crippen MR) is 91.6 cm³/mol. The molecule has 1 unspecified atom stereocenters. The highest BCUT2D eigenvalue weighted by molar-refractivity contribution is 5.91. The van der Waals surface area contributed by atoms with E-state index in [2.05, 4.69) is 26.0 Å². The molecule has 23 heavy (non-hydrogen) atoms. The highest BCUT2D eigenvalue weighted by Crippen LogP contribution is 2.51. The summed E-state index contributed by atoms with van der Waals surface area (Å²) < 4.78 is 5.44. The molecule has 0 aromatic heterocycles. The first-order valence-electron chi connectivity index (χ1n) is 8.50. The van der Waals surface area contributed by atoms with Crippen LogP contribution < -0.4 is 10.5 Å². The van der Waals surface area contributed by atoms with Gasteiger partial charge in [0.25, 0.3) is 0 Å². The van der Waals surface area contributed by atoms with Gasteiger partial charge in [-0.1, -0.05) is 26.0 Å². The molecule has 1 aliphatic heterocycles. The smallest absolute Gasteiger partial charge is 0.233 e. The van der Waals surface area contributed by atoms with E-state index in [1.807, 2.05) is 17.9 Å². The lowest BCUT2D eigenvalue weighted by Gasteiger charge is -2.43. The summed E-state index contributed by atoms with van der Waals surface area (Å²) in [6, 6.07) is 6.35. The molecule has 1 heterocycles. The van der Waals surface area contributed by atoms with Crippen molar-refractivity contribution < 1.29 is 9.53 Å². The minimum atomic E-state index is -0.335. The first-order valence-corrected chi connectivity index (χ1v) is 8.50. The minimum Gasteiger partial charge on any atom is -0.496 e. The van der Waals surface area contributed by atoms with Gasteiger partial charge in [0.05, 0.1) is 12.5 Å². The fourth-order valence-corrected chi connectivity index (χ4v) is 3.72. The van der Waals surface area contributed by atoms with E-state index in [-0.39, 0.29) is 22.8 Å². The van der Waals surface area contributed by atoms with Gasteiger partial charge in [-0.25, -0.2) is 0 Å². The molecule has 126 valence electrons. The largest absolute Gasteiger partial charge is 0.496 e. The number of nitrogens with zero attached hydrogens (tertiary/aromatic N) is 1. The second kappa shape index (κ2) is 5.52. The number of rotatable bonds is 3. The zero-order valence-electron chi connectivity index (χ0n) is 14.7. The van der Waals surface area contributed by atoms with Gasteiger partial charge in [-0.2, -0.15) is 0 Å². The number of hydrogen-bond donors (Lipinski definition) is 1. The van der Waals surface area contributed by atoms with Crippen molar-refractivity contribution in [1.29, 1.82) is 0 Å². The first-order chi connectivity index (χ1) is 10.8. The number of carbonyl (C=O) groups is 1. The van der Waals surface area contributed by atoms with Gasteiger partial charge in [-0.3, -0.25) is 4.79 Å². The topological polar surface area (TPSA) is 55.6 Å². The number of nitrogens with two attached hydrogens (primary N) is 1. The van der Waals surface area contributed by atoms with Gasteiger partial charge in [0.2, 0.25) is 5.91 Å². The average Bonchev–Trinajstić information content (AvgIpc) is 3.31. The van der Waals surface area contributed by atoms with Crippen molar-refractivity contribution in [2.75, 3.05) is 20.2 Å². The number of likely N-dealkylation sites (tertiary alicyclic amines) is 1. The number of benzene rings is 1. The summed E-state index contributed by atoms with van der Waals surface area (Å²) in [5.74, 6) is 1.13. The summed E-state index contributed by atoms with van der Waals surface area (Å²) in [6.07, 6.45) is 2.74. The molecule has 1 aromatic rings. The van der Waals surface area contributed by atoms with Crippen molar-refractivity contribution in [2.45, 2.75) is 51.5 Å². The quantitative estimate of drug-likeness (QED) is 0.932. The van der Waals surface area contributed by atoms with E-state index in [9.17, 15) is 4.79 Å². The molecule has 1 aromatic carbocycles. The molecule has 1 saturated carbocycles. The summed E-state index contributed by atoms with van der Waals surface area (Å²) in [5, 5.41) is 0. The maximum absolute atomic E-state index is 13.2. The van der Waals surface area contributed by atoms with E-state index in [0.29, 0.717) is 0 Å². The van der Waals surface area contributed by atoms with Crippen molar-refractivity contribution in [1.82, 2.24) is 4.90 Å². The molecule has 0 spiro atoms. The molecule has 1 atom stereocenters. The molecule has 2 aliphatic rings. The van der Waals surface area contributed by atoms with Gasteiger partial charge >= 0.3 is 0 Å². The summed E-state index contributed by atoms with van der Waals surface area (Å²) in [4.78, 5) is 15.2. The predicted octanol–water partition coefficient (Wildman–Crippen LogP) is 2.62. The lowest BCUT2D eigenvalue weighted by atomic mass is 9.79. The number of piperidine rings is 1. The molecule has 2 N–H and O–H groups in total. The van der Waals surface area contributed by atoms with Gasteiger partial charge in [0.1, 0.15) is 5.75 Å². The molecular weight excluding hydrogens is 288 g/mol. The third-order valence-electron chi connectivity index (χ3n) is 5.72. The first kappa shape index (κ1) is 16.3. The van der Waals surface area contributed by atoms with Crippen molar-refractivity contribution in [3.05, 3.63) is 29.3 Å². The van der Waals surface area contributed by atoms with Gasteiger partial charge in [0.15, 0.2) is 0 Å². The van der Waals surface area contributed by atoms with Gasteiger partial charge in [-0.05, 0) is 48.8 Å². The van der Waals surface area contributed by atoms with Gasteiger partial charge in [-0.15, -0.1) is 0 Å². The summed E-state index contributed by atoms with van der Waals surface area (Å²) in [6.45, 7) is 7.86. The van der Waals surface area contributed by atoms with Crippen molar-refractivity contribution in [3.8, 4) is 5.75 Å². The molecule has 2 fully saturated rings. The van der Waals surface area contributed by atoms with Gasteiger partial charge in [0, 0.05) is 19.1 Å². The number of methoxy groups -OCH3 is 1. The highest BCUT2D eigenvalue weighted by Gasteiger charge is 2.54. The molecule has 0 bridgehead atoms. The monoisotopic (exact) mass is 316 g/mol. The second-order valence-electron chi connectivity index (χ2n) is 7.88. The molecule has 4 nitrogen and oxygen atoms in total. The normalized spacial score (nSPS) is 25.1. The van der Waals surface area contributed by atoms with Crippen LogP contribution in [0.1, 0.15) is 44.2 Å². The van der Waals surface area contributed by atoms with E-state index >= 15 is 0 Å². The van der Waals surface area contributed by atoms with Crippen LogP contribution in [0.25, 0.3) is 0 Å². The lowest BCUT2D eigenvalue weighted by molar-refractivity contribution is -0.137. The Bertz CT molecular complexity index is 620. The molecule has 0 radical (unpaired) electrons. The Hall–Kier alpha value is -1.55. The maximum Gasteiger partial charge on any atom is 0.233 e. The standard InChI is InChI=1S/C19H28N2O2/c1-13-5-6-14(11-15(13)23-4)19(8-9-19)17(22)21-10-7-16(20)18(2,3)12-21/h5-6,11,16H,7-10,12,20H2,1-4H3. The Balaban J connectivity index is 1.85. The zero-order valence-corrected chi connectivity index (χ0v) is 14.7. The van der Waals surface area contributed by atoms with Crippen molar-refractivity contribution in [2.24, 2.45) is 11.1 Å². The number of carbonyl (C=O) groups excluding carboxylic acids is 1. The molecule has 4 heteroatoms. The number of ether oxygens (including phenoxy) is 1. The third-order valence-corrected chi connectivity index (χ3v) is 5.72. The zero-order chi connectivity index (χ0) is 16.8. The second-order valence-corrected chi connectivity index (χ2v) is 7.88. The molecule has 1 saturated heterocycles. The summed E-state index contributed by atoms with van der Waals surface area (Å²) >= 11 is 0. The van der Waals surface area contributed by atoms with Crippen LogP contribution in [0.5, 0.6) is 5.75 Å². The Morgan fingerprint density at radius 1 is 1.35 bits per heavy atom. The summed E-state index contributed by atoms with van der Waals surface area (Å²) in [5.41, 5.74) is 8.05. The molecule has 3 rings (SSSR count). The Labute approximate surface area is 139 Å². The van der Waals surface area contributed by atoms with Crippen LogP contribution in [0, 0.1) is 12.3 Å². The third kappa shape index (κ3) is 2.74. The Morgan fingerprint density at radius 2 is 2.04 bits per heavy atom. The molecule has 1 amide bonds. The molecular formula is C19H28N2O2.